The maximum Gasteiger partial charge on any atom is 0.245 e. The fourth-order valence-corrected chi connectivity index (χ4v) is 1.22. The van der Waals surface area contributed by atoms with Gasteiger partial charge in [-0.25, -0.2) is 4.98 Å². The number of carbonyl (C=O) groups excluding carboxylic acids is 1. The van der Waals surface area contributed by atoms with Crippen LogP contribution < -0.4 is 11.1 Å². The molecule has 0 saturated carbocycles. The van der Waals surface area contributed by atoms with Crippen LogP contribution in [0.25, 0.3) is 0 Å². The summed E-state index contributed by atoms with van der Waals surface area (Å²) in [5.41, 5.74) is 5.39. The van der Waals surface area contributed by atoms with Crippen LogP contribution >= 0.6 is 11.3 Å². The number of aromatic nitrogens is 1. The maximum atomic E-state index is 11.2. The van der Waals surface area contributed by atoms with Crippen molar-refractivity contribution in [2.75, 3.05) is 5.32 Å². The molecule has 0 unspecified atom stereocenters. The van der Waals surface area contributed by atoms with Gasteiger partial charge in [-0.2, -0.15) is 0 Å². The van der Waals surface area contributed by atoms with E-state index in [1.807, 2.05) is 0 Å². The minimum absolute atomic E-state index is 0.426. The minimum Gasteiger partial charge on any atom is -0.391 e. The second-order valence-electron chi connectivity index (χ2n) is 2.59. The van der Waals surface area contributed by atoms with Crippen molar-refractivity contribution in [3.63, 3.8) is 0 Å². The van der Waals surface area contributed by atoms with Gasteiger partial charge in [0.05, 0.1) is 6.10 Å². The predicted octanol–water partition coefficient (Wildman–Crippen LogP) is -0.210. The first-order valence-corrected chi connectivity index (χ1v) is 4.63. The molecule has 0 aliphatic heterocycles. The van der Waals surface area contributed by atoms with Crippen LogP contribution in [-0.2, 0) is 4.79 Å². The van der Waals surface area contributed by atoms with Gasteiger partial charge in [0, 0.05) is 11.6 Å². The van der Waals surface area contributed by atoms with E-state index in [-0.39, 0.29) is 0 Å². The molecule has 72 valence electrons. The first kappa shape index (κ1) is 10.1. The number of hydrogen-bond donors (Lipinski definition) is 3. The maximum absolute atomic E-state index is 11.2. The summed E-state index contributed by atoms with van der Waals surface area (Å²) >= 11 is 1.30. The SMILES string of the molecule is C[C@@H](O)[C@H](N)C(=O)Nc1nccs1. The van der Waals surface area contributed by atoms with E-state index in [2.05, 4.69) is 10.3 Å². The summed E-state index contributed by atoms with van der Waals surface area (Å²) in [7, 11) is 0. The largest absolute Gasteiger partial charge is 0.391 e. The van der Waals surface area contributed by atoms with E-state index in [9.17, 15) is 4.79 Å². The summed E-state index contributed by atoms with van der Waals surface area (Å²) in [6.45, 7) is 1.46. The number of nitrogens with two attached hydrogens (primary N) is 1. The van der Waals surface area contributed by atoms with E-state index in [0.717, 1.165) is 0 Å². The molecule has 1 amide bonds. The van der Waals surface area contributed by atoms with E-state index in [0.29, 0.717) is 5.13 Å². The van der Waals surface area contributed by atoms with Gasteiger partial charge < -0.3 is 16.2 Å². The van der Waals surface area contributed by atoms with Crippen molar-refractivity contribution in [2.45, 2.75) is 19.1 Å². The average molecular weight is 201 g/mol. The monoisotopic (exact) mass is 201 g/mol. The molecule has 0 aliphatic carbocycles. The molecule has 13 heavy (non-hydrogen) atoms. The Morgan fingerprint density at radius 3 is 3.00 bits per heavy atom. The number of amides is 1. The smallest absolute Gasteiger partial charge is 0.245 e. The lowest BCUT2D eigenvalue weighted by atomic mass is 10.2. The van der Waals surface area contributed by atoms with Gasteiger partial charge in [0.1, 0.15) is 6.04 Å². The normalized spacial score (nSPS) is 15.0. The molecule has 1 rings (SSSR count). The Bertz CT molecular complexity index is 273. The van der Waals surface area contributed by atoms with E-state index in [1.165, 1.54) is 18.3 Å². The number of rotatable bonds is 3. The van der Waals surface area contributed by atoms with Gasteiger partial charge in [0.2, 0.25) is 5.91 Å². The van der Waals surface area contributed by atoms with Crippen LogP contribution in [0, 0.1) is 0 Å². The number of hydrogen-bond acceptors (Lipinski definition) is 5. The van der Waals surface area contributed by atoms with E-state index in [4.69, 9.17) is 10.8 Å². The van der Waals surface area contributed by atoms with E-state index in [1.54, 1.807) is 11.6 Å². The minimum atomic E-state index is -0.913. The molecular formula is C7H11N3O2S. The van der Waals surface area contributed by atoms with Crippen LogP contribution in [0.1, 0.15) is 6.92 Å². The van der Waals surface area contributed by atoms with Crippen LogP contribution in [0.2, 0.25) is 0 Å². The predicted molar refractivity (Wildman–Crippen MR) is 50.4 cm³/mol. The highest BCUT2D eigenvalue weighted by Crippen LogP contribution is 2.10. The molecule has 1 heterocycles. The second kappa shape index (κ2) is 4.31. The van der Waals surface area contributed by atoms with Crippen LogP contribution in [-0.4, -0.2) is 28.1 Å². The lowest BCUT2D eigenvalue weighted by Crippen LogP contribution is -2.43. The summed E-state index contributed by atoms with van der Waals surface area (Å²) in [4.78, 5) is 15.1. The summed E-state index contributed by atoms with van der Waals surface area (Å²) in [5, 5.41) is 13.7. The Kier molecular flexibility index (Phi) is 3.35. The van der Waals surface area contributed by atoms with Crippen LogP contribution in [0.15, 0.2) is 11.6 Å². The van der Waals surface area contributed by atoms with Gasteiger partial charge in [-0.15, -0.1) is 11.3 Å². The standard InChI is InChI=1S/C7H11N3O2S/c1-4(11)5(8)6(12)10-7-9-2-3-13-7/h2-5,11H,8H2,1H3,(H,9,10,12)/t4-,5+/m1/s1. The number of carbonyl (C=O) groups is 1. The van der Waals surface area contributed by atoms with Crippen LogP contribution in [0.5, 0.6) is 0 Å². The molecule has 0 radical (unpaired) electrons. The zero-order valence-corrected chi connectivity index (χ0v) is 7.91. The first-order chi connectivity index (χ1) is 6.11. The second-order valence-corrected chi connectivity index (χ2v) is 3.49. The summed E-state index contributed by atoms with van der Waals surface area (Å²) in [6.07, 6.45) is 0.716. The molecular weight excluding hydrogens is 190 g/mol. The van der Waals surface area contributed by atoms with Crippen molar-refractivity contribution in [1.29, 1.82) is 0 Å². The Morgan fingerprint density at radius 2 is 2.54 bits per heavy atom. The summed E-state index contributed by atoms with van der Waals surface area (Å²) in [5.74, 6) is -0.426. The Morgan fingerprint density at radius 1 is 1.85 bits per heavy atom. The van der Waals surface area contributed by atoms with Gasteiger partial charge in [-0.1, -0.05) is 0 Å². The molecule has 0 aromatic carbocycles. The zero-order chi connectivity index (χ0) is 9.84. The quantitative estimate of drug-likeness (QED) is 0.631. The van der Waals surface area contributed by atoms with Crippen molar-refractivity contribution < 1.29 is 9.90 Å². The number of anilines is 1. The first-order valence-electron chi connectivity index (χ1n) is 3.75. The van der Waals surface area contributed by atoms with Crippen molar-refractivity contribution in [3.05, 3.63) is 11.6 Å². The summed E-state index contributed by atoms with van der Waals surface area (Å²) in [6, 6.07) is -0.913. The van der Waals surface area contributed by atoms with Gasteiger partial charge in [-0.05, 0) is 6.92 Å². The van der Waals surface area contributed by atoms with Crippen molar-refractivity contribution in [2.24, 2.45) is 5.73 Å². The molecule has 0 saturated heterocycles. The average Bonchev–Trinajstić information content (AvgIpc) is 2.55. The van der Waals surface area contributed by atoms with E-state index >= 15 is 0 Å². The highest BCUT2D eigenvalue weighted by atomic mass is 32.1. The van der Waals surface area contributed by atoms with Gasteiger partial charge in [0.15, 0.2) is 5.13 Å². The third kappa shape index (κ3) is 2.76. The van der Waals surface area contributed by atoms with Gasteiger partial charge in [-0.3, -0.25) is 4.79 Å². The van der Waals surface area contributed by atoms with Crippen LogP contribution in [0.4, 0.5) is 5.13 Å². The molecule has 1 aromatic rings. The van der Waals surface area contributed by atoms with E-state index < -0.39 is 18.1 Å². The molecule has 0 aliphatic rings. The number of nitrogens with one attached hydrogen (secondary N) is 1. The topological polar surface area (TPSA) is 88.2 Å². The van der Waals surface area contributed by atoms with Crippen molar-refractivity contribution in [3.8, 4) is 0 Å². The Labute approximate surface area is 79.6 Å². The van der Waals surface area contributed by atoms with Crippen molar-refractivity contribution >= 4 is 22.4 Å². The van der Waals surface area contributed by atoms with Gasteiger partial charge >= 0.3 is 0 Å². The number of aliphatic hydroxyl groups is 1. The lowest BCUT2D eigenvalue weighted by Gasteiger charge is -2.12. The van der Waals surface area contributed by atoms with Crippen LogP contribution in [0.3, 0.4) is 0 Å². The molecule has 0 spiro atoms. The molecule has 0 bridgehead atoms. The fraction of sp³-hybridized carbons (Fsp3) is 0.429. The molecule has 1 aromatic heterocycles. The lowest BCUT2D eigenvalue weighted by molar-refractivity contribution is -0.119. The molecule has 2 atom stereocenters. The molecule has 4 N–H and O–H groups in total. The highest BCUT2D eigenvalue weighted by molar-refractivity contribution is 7.13. The number of aliphatic hydroxyl groups excluding tert-OH is 1. The molecule has 0 fully saturated rings. The highest BCUT2D eigenvalue weighted by Gasteiger charge is 2.19. The molecule has 6 heteroatoms. The Balaban J connectivity index is 2.51. The fourth-order valence-electron chi connectivity index (χ4n) is 0.693. The molecule has 5 nitrogen and oxygen atoms in total. The summed E-state index contributed by atoms with van der Waals surface area (Å²) < 4.78 is 0. The Hall–Kier alpha value is -0.980. The van der Waals surface area contributed by atoms with Crippen molar-refractivity contribution in [1.82, 2.24) is 4.98 Å². The number of nitrogens with zero attached hydrogens (tertiary/aromatic N) is 1. The third-order valence-electron chi connectivity index (χ3n) is 1.48. The van der Waals surface area contributed by atoms with Gasteiger partial charge in [0.25, 0.3) is 0 Å². The zero-order valence-electron chi connectivity index (χ0n) is 7.10. The third-order valence-corrected chi connectivity index (χ3v) is 2.17. The number of thiazole rings is 1.